The quantitative estimate of drug-likeness (QED) is 0.607. The second-order valence-electron chi connectivity index (χ2n) is 5.87. The summed E-state index contributed by atoms with van der Waals surface area (Å²) in [5.41, 5.74) is 1.57. The van der Waals surface area contributed by atoms with Crippen molar-refractivity contribution in [1.29, 1.82) is 0 Å². The average Bonchev–Trinajstić information content (AvgIpc) is 2.58. The fourth-order valence-corrected chi connectivity index (χ4v) is 2.18. The number of benzene rings is 2. The monoisotopic (exact) mass is 326 g/mol. The van der Waals surface area contributed by atoms with E-state index in [9.17, 15) is 9.90 Å². The van der Waals surface area contributed by atoms with Crippen molar-refractivity contribution >= 4 is 17.6 Å². The zero-order valence-corrected chi connectivity index (χ0v) is 14.2. The van der Waals surface area contributed by atoms with Gasteiger partial charge in [0.1, 0.15) is 11.5 Å². The predicted octanol–water partition coefficient (Wildman–Crippen LogP) is 4.36. The van der Waals surface area contributed by atoms with Crippen molar-refractivity contribution in [1.82, 2.24) is 0 Å². The van der Waals surface area contributed by atoms with E-state index in [1.807, 2.05) is 24.3 Å². The van der Waals surface area contributed by atoms with Gasteiger partial charge >= 0.3 is 5.97 Å². The number of carbonyl (C=O) groups is 1. The highest BCUT2D eigenvalue weighted by Crippen LogP contribution is 2.24. The highest BCUT2D eigenvalue weighted by Gasteiger charge is 2.11. The number of aliphatic carboxylic acids is 1. The summed E-state index contributed by atoms with van der Waals surface area (Å²) in [6.07, 6.45) is 1.64. The number of carboxylic acid groups (broad SMARTS) is 1. The molecule has 4 heteroatoms. The fourth-order valence-electron chi connectivity index (χ4n) is 2.18. The molecule has 0 spiro atoms. The summed E-state index contributed by atoms with van der Waals surface area (Å²) in [5, 5.41) is 9.56. The van der Waals surface area contributed by atoms with Gasteiger partial charge in [-0.2, -0.15) is 0 Å². The van der Waals surface area contributed by atoms with Gasteiger partial charge in [0.2, 0.25) is 0 Å². The van der Waals surface area contributed by atoms with Crippen LogP contribution in [0.15, 0.2) is 48.5 Å². The molecule has 0 saturated carbocycles. The Morgan fingerprint density at radius 1 is 1.12 bits per heavy atom. The van der Waals surface area contributed by atoms with Crippen molar-refractivity contribution in [2.75, 3.05) is 13.7 Å². The smallest absolute Gasteiger partial charge is 0.336 e. The van der Waals surface area contributed by atoms with Crippen LogP contribution in [0, 0.1) is 5.92 Å². The minimum absolute atomic E-state index is 0.204. The van der Waals surface area contributed by atoms with Gasteiger partial charge in [-0.1, -0.05) is 38.1 Å². The van der Waals surface area contributed by atoms with Crippen molar-refractivity contribution in [2.45, 2.75) is 13.8 Å². The molecule has 2 aromatic carbocycles. The minimum Gasteiger partial charge on any atom is -0.497 e. The lowest BCUT2D eigenvalue weighted by molar-refractivity contribution is -0.130. The van der Waals surface area contributed by atoms with E-state index in [4.69, 9.17) is 9.47 Å². The van der Waals surface area contributed by atoms with Gasteiger partial charge in [0.05, 0.1) is 19.3 Å². The van der Waals surface area contributed by atoms with Crippen molar-refractivity contribution < 1.29 is 19.4 Å². The van der Waals surface area contributed by atoms with Crippen molar-refractivity contribution in [3.05, 3.63) is 59.7 Å². The highest BCUT2D eigenvalue weighted by atomic mass is 16.5. The standard InChI is InChI=1S/C20H22O4/c1-14(2)13-24-18-9-4-6-15(10-18)11-19(20(21)22)16-7-5-8-17(12-16)23-3/h4-12,14H,13H2,1-3H3,(H,21,22)/b19-11-. The fraction of sp³-hybridized carbons (Fsp3) is 0.250. The molecule has 2 rings (SSSR count). The molecule has 0 radical (unpaired) electrons. The van der Waals surface area contributed by atoms with Crippen LogP contribution in [-0.2, 0) is 4.79 Å². The molecule has 4 nitrogen and oxygen atoms in total. The Labute approximate surface area is 142 Å². The molecule has 0 unspecified atom stereocenters. The van der Waals surface area contributed by atoms with Crippen LogP contribution in [0.3, 0.4) is 0 Å². The molecule has 0 heterocycles. The van der Waals surface area contributed by atoms with E-state index < -0.39 is 5.97 Å². The normalized spacial score (nSPS) is 11.4. The van der Waals surface area contributed by atoms with E-state index in [2.05, 4.69) is 13.8 Å². The van der Waals surface area contributed by atoms with E-state index in [0.29, 0.717) is 23.8 Å². The van der Waals surface area contributed by atoms with Crippen LogP contribution in [0.5, 0.6) is 11.5 Å². The molecular weight excluding hydrogens is 304 g/mol. The van der Waals surface area contributed by atoms with Gasteiger partial charge in [0.25, 0.3) is 0 Å². The van der Waals surface area contributed by atoms with Gasteiger partial charge in [-0.15, -0.1) is 0 Å². The molecule has 0 aliphatic carbocycles. The van der Waals surface area contributed by atoms with Crippen molar-refractivity contribution in [2.24, 2.45) is 5.92 Å². The maximum atomic E-state index is 11.7. The van der Waals surface area contributed by atoms with E-state index in [0.717, 1.165) is 11.3 Å². The number of hydrogen-bond donors (Lipinski definition) is 1. The zero-order valence-electron chi connectivity index (χ0n) is 14.2. The molecule has 126 valence electrons. The van der Waals surface area contributed by atoms with Crippen LogP contribution in [0.2, 0.25) is 0 Å². The molecule has 0 bridgehead atoms. The molecule has 2 aromatic rings. The van der Waals surface area contributed by atoms with Crippen LogP contribution in [0.4, 0.5) is 0 Å². The second-order valence-corrected chi connectivity index (χ2v) is 5.87. The SMILES string of the molecule is COc1cccc(/C(=C/c2cccc(OCC(C)C)c2)C(=O)O)c1. The number of rotatable bonds is 7. The molecule has 24 heavy (non-hydrogen) atoms. The molecule has 0 fully saturated rings. The van der Waals surface area contributed by atoms with Crippen molar-refractivity contribution in [3.8, 4) is 11.5 Å². The summed E-state index contributed by atoms with van der Waals surface area (Å²) < 4.78 is 10.9. The third-order valence-electron chi connectivity index (χ3n) is 3.36. The van der Waals surface area contributed by atoms with Gasteiger partial charge in [0, 0.05) is 0 Å². The first kappa shape index (κ1) is 17.6. The van der Waals surface area contributed by atoms with Gasteiger partial charge in [-0.25, -0.2) is 4.79 Å². The third kappa shape index (κ3) is 4.88. The van der Waals surface area contributed by atoms with Crippen LogP contribution in [-0.4, -0.2) is 24.8 Å². The number of hydrogen-bond acceptors (Lipinski definition) is 3. The summed E-state index contributed by atoms with van der Waals surface area (Å²) in [7, 11) is 1.55. The molecule has 0 aromatic heterocycles. The van der Waals surface area contributed by atoms with Gasteiger partial charge in [-0.3, -0.25) is 0 Å². The first-order valence-corrected chi connectivity index (χ1v) is 7.82. The Balaban J connectivity index is 2.34. The maximum absolute atomic E-state index is 11.7. The second kappa shape index (κ2) is 8.20. The first-order chi connectivity index (χ1) is 11.5. The largest absolute Gasteiger partial charge is 0.497 e. The summed E-state index contributed by atoms with van der Waals surface area (Å²) in [4.78, 5) is 11.7. The number of ether oxygens (including phenoxy) is 2. The summed E-state index contributed by atoms with van der Waals surface area (Å²) in [5.74, 6) is 0.786. The molecule has 1 N–H and O–H groups in total. The third-order valence-corrected chi connectivity index (χ3v) is 3.36. The highest BCUT2D eigenvalue weighted by molar-refractivity contribution is 6.20. The first-order valence-electron chi connectivity index (χ1n) is 7.82. The van der Waals surface area contributed by atoms with Gasteiger partial charge in [-0.05, 0) is 47.4 Å². The Morgan fingerprint density at radius 3 is 2.50 bits per heavy atom. The minimum atomic E-state index is -0.989. The average molecular weight is 326 g/mol. The number of methoxy groups -OCH3 is 1. The summed E-state index contributed by atoms with van der Waals surface area (Å²) in [6.45, 7) is 4.78. The van der Waals surface area contributed by atoms with E-state index in [1.165, 1.54) is 0 Å². The molecule has 0 aliphatic rings. The number of carboxylic acids is 1. The predicted molar refractivity (Wildman–Crippen MR) is 95.3 cm³/mol. The Bertz CT molecular complexity index is 732. The van der Waals surface area contributed by atoms with Crippen LogP contribution in [0.25, 0.3) is 11.6 Å². The Kier molecular flexibility index (Phi) is 6.01. The van der Waals surface area contributed by atoms with Crippen LogP contribution >= 0.6 is 0 Å². The summed E-state index contributed by atoms with van der Waals surface area (Å²) >= 11 is 0. The lowest BCUT2D eigenvalue weighted by Gasteiger charge is -2.10. The molecule has 0 amide bonds. The molecule has 0 saturated heterocycles. The molecule has 0 atom stereocenters. The molecular formula is C20H22O4. The van der Waals surface area contributed by atoms with Crippen LogP contribution < -0.4 is 9.47 Å². The van der Waals surface area contributed by atoms with Crippen LogP contribution in [0.1, 0.15) is 25.0 Å². The van der Waals surface area contributed by atoms with E-state index in [1.54, 1.807) is 37.5 Å². The van der Waals surface area contributed by atoms with Gasteiger partial charge in [0.15, 0.2) is 0 Å². The Morgan fingerprint density at radius 2 is 1.83 bits per heavy atom. The summed E-state index contributed by atoms with van der Waals surface area (Å²) in [6, 6.07) is 14.4. The topological polar surface area (TPSA) is 55.8 Å². The maximum Gasteiger partial charge on any atom is 0.336 e. The zero-order chi connectivity index (χ0) is 17.5. The lowest BCUT2D eigenvalue weighted by Crippen LogP contribution is -2.04. The molecule has 0 aliphatic heterocycles. The van der Waals surface area contributed by atoms with E-state index in [-0.39, 0.29) is 5.57 Å². The van der Waals surface area contributed by atoms with Gasteiger partial charge < -0.3 is 14.6 Å². The lowest BCUT2D eigenvalue weighted by atomic mass is 10.0. The Hall–Kier alpha value is -2.75. The van der Waals surface area contributed by atoms with Crippen molar-refractivity contribution in [3.63, 3.8) is 0 Å². The van der Waals surface area contributed by atoms with E-state index >= 15 is 0 Å².